The van der Waals surface area contributed by atoms with E-state index in [4.69, 9.17) is 21.3 Å². The summed E-state index contributed by atoms with van der Waals surface area (Å²) in [6, 6.07) is 16.5. The van der Waals surface area contributed by atoms with Gasteiger partial charge in [0.05, 0.1) is 30.3 Å². The van der Waals surface area contributed by atoms with Crippen molar-refractivity contribution in [3.63, 3.8) is 0 Å². The standard InChI is InChI=1S/C27H28ClN3O3S/c1-4-17(3)29-22(32)15-19-16-35-27-30-24(18-11-7-6-8-12-18)23(26(33)34-5-2)25(31(19)27)20-13-9-10-14-21(20)28/h6-14,16-17,25H,4-5,15H2,1-3H3,(H,29,32)/t17-,25-/m1/s1. The van der Waals surface area contributed by atoms with Crippen LogP contribution in [0.3, 0.4) is 0 Å². The number of rotatable bonds is 8. The van der Waals surface area contributed by atoms with E-state index >= 15 is 0 Å². The lowest BCUT2D eigenvalue weighted by Crippen LogP contribution is -2.39. The van der Waals surface area contributed by atoms with Gasteiger partial charge in [-0.05, 0) is 37.3 Å². The van der Waals surface area contributed by atoms with Crippen LogP contribution in [0.4, 0.5) is 0 Å². The minimum Gasteiger partial charge on any atom is -0.463 e. The Morgan fingerprint density at radius 1 is 1.14 bits per heavy atom. The van der Waals surface area contributed by atoms with Gasteiger partial charge < -0.3 is 15.0 Å². The number of benzene rings is 2. The lowest BCUT2D eigenvalue weighted by atomic mass is 9.91. The second kappa shape index (κ2) is 11.1. The zero-order chi connectivity index (χ0) is 24.9. The number of thioether (sulfide) groups is 1. The van der Waals surface area contributed by atoms with E-state index in [2.05, 4.69) is 5.32 Å². The van der Waals surface area contributed by atoms with E-state index in [1.54, 1.807) is 13.0 Å². The predicted octanol–water partition coefficient (Wildman–Crippen LogP) is 5.92. The maximum atomic E-state index is 13.5. The van der Waals surface area contributed by atoms with Crippen molar-refractivity contribution < 1.29 is 14.3 Å². The Hall–Kier alpha value is -3.03. The van der Waals surface area contributed by atoms with Crippen LogP contribution in [0, 0.1) is 0 Å². The molecule has 0 saturated carbocycles. The molecule has 2 aliphatic heterocycles. The fourth-order valence-electron chi connectivity index (χ4n) is 4.07. The van der Waals surface area contributed by atoms with Gasteiger partial charge in [-0.25, -0.2) is 9.79 Å². The number of ether oxygens (including phenoxy) is 1. The van der Waals surface area contributed by atoms with Crippen molar-refractivity contribution in [2.45, 2.75) is 45.7 Å². The van der Waals surface area contributed by atoms with Crippen LogP contribution in [-0.2, 0) is 14.3 Å². The fourth-order valence-corrected chi connectivity index (χ4v) is 5.23. The number of nitrogens with zero attached hydrogens (tertiary/aromatic N) is 2. The monoisotopic (exact) mass is 509 g/mol. The van der Waals surface area contributed by atoms with Gasteiger partial charge in [-0.2, -0.15) is 0 Å². The van der Waals surface area contributed by atoms with Crippen molar-refractivity contribution in [3.05, 3.63) is 87.4 Å². The second-order valence-electron chi connectivity index (χ2n) is 8.32. The molecule has 4 rings (SSSR count). The van der Waals surface area contributed by atoms with Gasteiger partial charge in [0.25, 0.3) is 0 Å². The Morgan fingerprint density at radius 2 is 1.86 bits per heavy atom. The summed E-state index contributed by atoms with van der Waals surface area (Å²) in [4.78, 5) is 33.1. The highest BCUT2D eigenvalue weighted by molar-refractivity contribution is 8.16. The topological polar surface area (TPSA) is 71.0 Å². The molecule has 8 heteroatoms. The Bertz CT molecular complexity index is 1210. The highest BCUT2D eigenvalue weighted by Gasteiger charge is 2.43. The Balaban J connectivity index is 1.85. The van der Waals surface area contributed by atoms with Crippen LogP contribution in [0.2, 0.25) is 5.02 Å². The summed E-state index contributed by atoms with van der Waals surface area (Å²) in [5.41, 5.74) is 3.25. The Labute approximate surface area is 215 Å². The first-order valence-electron chi connectivity index (χ1n) is 11.7. The minimum atomic E-state index is -0.594. The lowest BCUT2D eigenvalue weighted by molar-refractivity contribution is -0.139. The Kier molecular flexibility index (Phi) is 7.98. The third-order valence-electron chi connectivity index (χ3n) is 5.91. The molecule has 2 atom stereocenters. The van der Waals surface area contributed by atoms with Crippen LogP contribution in [-0.4, -0.2) is 34.6 Å². The van der Waals surface area contributed by atoms with Crippen molar-refractivity contribution >= 4 is 46.1 Å². The molecule has 2 heterocycles. The molecule has 1 amide bonds. The molecule has 1 N–H and O–H groups in total. The maximum Gasteiger partial charge on any atom is 0.338 e. The fraction of sp³-hybridized carbons (Fsp3) is 0.296. The first kappa shape index (κ1) is 25.1. The van der Waals surface area contributed by atoms with E-state index in [-0.39, 0.29) is 25.0 Å². The number of halogens is 1. The number of amides is 1. The van der Waals surface area contributed by atoms with Crippen LogP contribution < -0.4 is 5.32 Å². The number of carbonyl (C=O) groups is 2. The third kappa shape index (κ3) is 5.31. The summed E-state index contributed by atoms with van der Waals surface area (Å²) in [5, 5.41) is 6.16. The van der Waals surface area contributed by atoms with Crippen LogP contribution in [0.25, 0.3) is 5.70 Å². The largest absolute Gasteiger partial charge is 0.463 e. The number of aliphatic imine (C=N–C) groups is 1. The normalized spacial score (nSPS) is 17.9. The van der Waals surface area contributed by atoms with Crippen molar-refractivity contribution in [1.82, 2.24) is 10.2 Å². The summed E-state index contributed by atoms with van der Waals surface area (Å²) < 4.78 is 5.52. The van der Waals surface area contributed by atoms with Gasteiger partial charge >= 0.3 is 5.97 Å². The zero-order valence-corrected chi connectivity index (χ0v) is 21.5. The highest BCUT2D eigenvalue weighted by Crippen LogP contribution is 2.48. The van der Waals surface area contributed by atoms with Crippen molar-refractivity contribution in [2.24, 2.45) is 4.99 Å². The molecule has 2 aromatic rings. The van der Waals surface area contributed by atoms with Crippen LogP contribution in [0.15, 0.2) is 76.3 Å². The van der Waals surface area contributed by atoms with E-state index in [1.165, 1.54) is 11.8 Å². The van der Waals surface area contributed by atoms with Crippen molar-refractivity contribution in [1.29, 1.82) is 0 Å². The molecule has 6 nitrogen and oxygen atoms in total. The molecular weight excluding hydrogens is 482 g/mol. The smallest absolute Gasteiger partial charge is 0.338 e. The molecule has 0 spiro atoms. The summed E-state index contributed by atoms with van der Waals surface area (Å²) in [6.45, 7) is 6.01. The van der Waals surface area contributed by atoms with E-state index in [1.807, 2.05) is 72.7 Å². The first-order valence-corrected chi connectivity index (χ1v) is 12.9. The number of esters is 1. The summed E-state index contributed by atoms with van der Waals surface area (Å²) in [5.74, 6) is -0.541. The van der Waals surface area contributed by atoms with Crippen molar-refractivity contribution in [2.75, 3.05) is 6.61 Å². The molecule has 35 heavy (non-hydrogen) atoms. The molecule has 0 saturated heterocycles. The predicted molar refractivity (Wildman–Crippen MR) is 142 cm³/mol. The highest BCUT2D eigenvalue weighted by atomic mass is 35.5. The van der Waals surface area contributed by atoms with Gasteiger partial charge in [0, 0.05) is 22.3 Å². The molecule has 0 bridgehead atoms. The van der Waals surface area contributed by atoms with E-state index in [0.717, 1.165) is 23.2 Å². The van der Waals surface area contributed by atoms with E-state index in [9.17, 15) is 9.59 Å². The van der Waals surface area contributed by atoms with Crippen LogP contribution in [0.5, 0.6) is 0 Å². The molecule has 0 aliphatic carbocycles. The molecule has 0 aromatic heterocycles. The lowest BCUT2D eigenvalue weighted by Gasteiger charge is -2.37. The van der Waals surface area contributed by atoms with Gasteiger partial charge in [-0.3, -0.25) is 4.79 Å². The third-order valence-corrected chi connectivity index (χ3v) is 7.15. The van der Waals surface area contributed by atoms with Gasteiger partial charge in [-0.15, -0.1) is 0 Å². The van der Waals surface area contributed by atoms with Gasteiger partial charge in [0.15, 0.2) is 5.17 Å². The van der Waals surface area contributed by atoms with Crippen LogP contribution in [0.1, 0.15) is 50.8 Å². The van der Waals surface area contributed by atoms with Gasteiger partial charge in [-0.1, -0.05) is 78.8 Å². The van der Waals surface area contributed by atoms with E-state index in [0.29, 0.717) is 21.5 Å². The van der Waals surface area contributed by atoms with Crippen LogP contribution >= 0.6 is 23.4 Å². The molecule has 0 unspecified atom stereocenters. The number of hydrogen-bond acceptors (Lipinski definition) is 6. The number of nitrogens with one attached hydrogen (secondary N) is 1. The SMILES string of the molecule is CCOC(=O)C1=C(c2ccccc2)N=C2SC=C(CC(=O)N[C@H](C)CC)N2[C@@H]1c1ccccc1Cl. The molecule has 0 radical (unpaired) electrons. The number of hydrogen-bond donors (Lipinski definition) is 1. The second-order valence-corrected chi connectivity index (χ2v) is 9.56. The number of fused-ring (bicyclic) bond motifs is 1. The van der Waals surface area contributed by atoms with Crippen molar-refractivity contribution in [3.8, 4) is 0 Å². The molecule has 182 valence electrons. The number of carbonyl (C=O) groups excluding carboxylic acids is 2. The molecule has 2 aromatic carbocycles. The van der Waals surface area contributed by atoms with E-state index < -0.39 is 12.0 Å². The average molecular weight is 510 g/mol. The number of amidine groups is 1. The van der Waals surface area contributed by atoms with Gasteiger partial charge in [0.2, 0.25) is 5.91 Å². The Morgan fingerprint density at radius 3 is 2.54 bits per heavy atom. The average Bonchev–Trinajstić information content (AvgIpc) is 3.26. The summed E-state index contributed by atoms with van der Waals surface area (Å²) in [6.07, 6.45) is 1.00. The molecule has 2 aliphatic rings. The summed E-state index contributed by atoms with van der Waals surface area (Å²) in [7, 11) is 0. The first-order chi connectivity index (χ1) is 16.9. The minimum absolute atomic E-state index is 0.0747. The zero-order valence-electron chi connectivity index (χ0n) is 20.0. The molecule has 0 fully saturated rings. The maximum absolute atomic E-state index is 13.5. The molecular formula is C27H28ClN3O3S. The van der Waals surface area contributed by atoms with Gasteiger partial charge in [0.1, 0.15) is 0 Å². The quantitative estimate of drug-likeness (QED) is 0.447. The summed E-state index contributed by atoms with van der Waals surface area (Å²) >= 11 is 8.12.